The Balaban J connectivity index is 1.39. The van der Waals surface area contributed by atoms with Crippen molar-refractivity contribution in [3.63, 3.8) is 0 Å². The van der Waals surface area contributed by atoms with Gasteiger partial charge in [-0.05, 0) is 36.9 Å². The maximum Gasteiger partial charge on any atom is 0.176 e. The summed E-state index contributed by atoms with van der Waals surface area (Å²) >= 11 is 0. The minimum absolute atomic E-state index is 0.132. The predicted octanol–water partition coefficient (Wildman–Crippen LogP) is 0.594. The normalized spacial score (nSPS) is 30.0. The second-order valence-electron chi connectivity index (χ2n) is 7.17. The summed E-state index contributed by atoms with van der Waals surface area (Å²) < 4.78 is 11.9. The number of aliphatic hydroxyl groups excluding tert-OH is 1. The Morgan fingerprint density at radius 3 is 2.85 bits per heavy atom. The fourth-order valence-electron chi connectivity index (χ4n) is 3.84. The molecule has 4 rings (SSSR count). The number of aromatic nitrogens is 2. The number of likely N-dealkylation sites (N-methyl/N-ethyl adjacent to an activating group) is 1. The van der Waals surface area contributed by atoms with Crippen LogP contribution in [0.1, 0.15) is 11.3 Å². The van der Waals surface area contributed by atoms with Gasteiger partial charge in [0.1, 0.15) is 6.10 Å². The molecule has 2 aromatic heterocycles. The van der Waals surface area contributed by atoms with Crippen LogP contribution in [0.5, 0.6) is 0 Å². The van der Waals surface area contributed by atoms with Crippen LogP contribution in [-0.2, 0) is 22.4 Å². The first-order valence-corrected chi connectivity index (χ1v) is 9.40. The van der Waals surface area contributed by atoms with Crippen molar-refractivity contribution in [3.05, 3.63) is 60.2 Å². The molecule has 27 heavy (non-hydrogen) atoms. The van der Waals surface area contributed by atoms with E-state index in [1.165, 1.54) is 0 Å². The number of nitrogens with one attached hydrogen (secondary N) is 1. The largest absolute Gasteiger partial charge is 0.390 e. The Morgan fingerprint density at radius 1 is 1.22 bits per heavy atom. The van der Waals surface area contributed by atoms with Crippen LogP contribution in [0.15, 0.2) is 48.9 Å². The van der Waals surface area contributed by atoms with Gasteiger partial charge in [-0.1, -0.05) is 6.07 Å². The van der Waals surface area contributed by atoms with Gasteiger partial charge in [0.05, 0.1) is 24.8 Å². The number of ether oxygens (including phenoxy) is 2. The molecule has 144 valence electrons. The lowest BCUT2D eigenvalue weighted by Crippen LogP contribution is -2.63. The first-order valence-electron chi connectivity index (χ1n) is 9.40. The topological polar surface area (TPSA) is 79.7 Å². The highest BCUT2D eigenvalue weighted by Gasteiger charge is 2.51. The van der Waals surface area contributed by atoms with E-state index in [0.29, 0.717) is 13.2 Å². The average molecular weight is 370 g/mol. The fraction of sp³-hybridized carbons (Fsp3) is 0.500. The smallest absolute Gasteiger partial charge is 0.176 e. The summed E-state index contributed by atoms with van der Waals surface area (Å²) in [7, 11) is 2.00. The molecule has 0 aliphatic carbocycles. The first-order chi connectivity index (χ1) is 13.2. The molecule has 5 atom stereocenters. The summed E-state index contributed by atoms with van der Waals surface area (Å²) in [5.41, 5.74) is 2.16. The maximum absolute atomic E-state index is 11.1. The van der Waals surface area contributed by atoms with Crippen LogP contribution < -0.4 is 5.32 Å². The van der Waals surface area contributed by atoms with E-state index in [4.69, 9.17) is 9.47 Å². The summed E-state index contributed by atoms with van der Waals surface area (Å²) in [5, 5.41) is 14.5. The van der Waals surface area contributed by atoms with E-state index in [0.717, 1.165) is 24.2 Å². The van der Waals surface area contributed by atoms with Gasteiger partial charge in [-0.2, -0.15) is 0 Å². The Labute approximate surface area is 159 Å². The Hall–Kier alpha value is -1.90. The molecular formula is C20H26N4O3. The van der Waals surface area contributed by atoms with Crippen LogP contribution >= 0.6 is 0 Å². The molecule has 2 aromatic rings. The molecule has 7 heteroatoms. The first kappa shape index (κ1) is 18.5. The van der Waals surface area contributed by atoms with Gasteiger partial charge in [0.15, 0.2) is 6.29 Å². The molecule has 0 saturated carbocycles. The van der Waals surface area contributed by atoms with Crippen LogP contribution in [0.25, 0.3) is 0 Å². The molecule has 2 fully saturated rings. The monoisotopic (exact) mass is 370 g/mol. The van der Waals surface area contributed by atoms with Crippen molar-refractivity contribution in [1.29, 1.82) is 0 Å². The van der Waals surface area contributed by atoms with Gasteiger partial charge in [-0.15, -0.1) is 0 Å². The van der Waals surface area contributed by atoms with E-state index >= 15 is 0 Å². The van der Waals surface area contributed by atoms with Gasteiger partial charge in [-0.25, -0.2) is 0 Å². The average Bonchev–Trinajstić information content (AvgIpc) is 3.13. The minimum Gasteiger partial charge on any atom is -0.390 e. The Bertz CT molecular complexity index is 718. The molecule has 0 aromatic carbocycles. The van der Waals surface area contributed by atoms with Crippen molar-refractivity contribution in [2.45, 2.75) is 43.5 Å². The summed E-state index contributed by atoms with van der Waals surface area (Å²) in [5.74, 6) is 0. The third-order valence-electron chi connectivity index (χ3n) is 5.38. The van der Waals surface area contributed by atoms with Gasteiger partial charge in [0.2, 0.25) is 0 Å². The summed E-state index contributed by atoms with van der Waals surface area (Å²) in [4.78, 5) is 10.5. The van der Waals surface area contributed by atoms with Crippen molar-refractivity contribution < 1.29 is 14.6 Å². The van der Waals surface area contributed by atoms with E-state index in [2.05, 4.69) is 20.2 Å². The van der Waals surface area contributed by atoms with E-state index in [1.807, 2.05) is 37.4 Å². The predicted molar refractivity (Wildman–Crippen MR) is 99.8 cm³/mol. The number of aliphatic hydroxyl groups is 1. The molecule has 0 radical (unpaired) electrons. The fourth-order valence-corrected chi connectivity index (χ4v) is 3.84. The molecule has 2 N–H and O–H groups in total. The summed E-state index contributed by atoms with van der Waals surface area (Å²) in [6.07, 6.45) is 5.06. The number of pyridine rings is 2. The van der Waals surface area contributed by atoms with Crippen molar-refractivity contribution in [3.8, 4) is 0 Å². The van der Waals surface area contributed by atoms with Gasteiger partial charge < -0.3 is 19.9 Å². The van der Waals surface area contributed by atoms with Crippen LogP contribution in [0, 0.1) is 0 Å². The van der Waals surface area contributed by atoms with E-state index in [-0.39, 0.29) is 18.2 Å². The zero-order valence-corrected chi connectivity index (χ0v) is 15.4. The molecule has 0 spiro atoms. The summed E-state index contributed by atoms with van der Waals surface area (Å²) in [6, 6.07) is 9.45. The summed E-state index contributed by atoms with van der Waals surface area (Å²) in [6.45, 7) is 1.92. The zero-order chi connectivity index (χ0) is 18.6. The highest BCUT2D eigenvalue weighted by molar-refractivity contribution is 5.11. The molecule has 0 amide bonds. The van der Waals surface area contributed by atoms with Gasteiger partial charge in [0, 0.05) is 43.8 Å². The van der Waals surface area contributed by atoms with Crippen molar-refractivity contribution in [1.82, 2.24) is 20.2 Å². The Morgan fingerprint density at radius 2 is 2.07 bits per heavy atom. The lowest BCUT2D eigenvalue weighted by atomic mass is 9.94. The molecule has 2 saturated heterocycles. The molecule has 2 aliphatic heterocycles. The van der Waals surface area contributed by atoms with Gasteiger partial charge >= 0.3 is 0 Å². The van der Waals surface area contributed by atoms with Crippen LogP contribution in [0.3, 0.4) is 0 Å². The van der Waals surface area contributed by atoms with E-state index in [9.17, 15) is 5.11 Å². The number of rotatable bonds is 7. The van der Waals surface area contributed by atoms with Gasteiger partial charge in [-0.3, -0.25) is 14.9 Å². The van der Waals surface area contributed by atoms with Crippen molar-refractivity contribution in [2.75, 3.05) is 20.2 Å². The SMILES string of the molecule is CN(CCc1ccccn1)[C@@H]1[C@@H]2OC[C@H](O2)[C@@H](NCc2ccncc2)[C@@H]1O. The lowest BCUT2D eigenvalue weighted by molar-refractivity contribution is -0.178. The van der Waals surface area contributed by atoms with Gasteiger partial charge in [0.25, 0.3) is 0 Å². The molecular weight excluding hydrogens is 344 g/mol. The molecule has 2 bridgehead atoms. The third kappa shape index (κ3) is 4.17. The molecule has 7 nitrogen and oxygen atoms in total. The highest BCUT2D eigenvalue weighted by Crippen LogP contribution is 2.31. The quantitative estimate of drug-likeness (QED) is 0.739. The second-order valence-corrected chi connectivity index (χ2v) is 7.17. The van der Waals surface area contributed by atoms with E-state index < -0.39 is 12.4 Å². The number of hydrogen-bond donors (Lipinski definition) is 2. The molecule has 4 heterocycles. The third-order valence-corrected chi connectivity index (χ3v) is 5.38. The van der Waals surface area contributed by atoms with Crippen LogP contribution in [-0.4, -0.2) is 70.8 Å². The molecule has 0 unspecified atom stereocenters. The van der Waals surface area contributed by atoms with Crippen LogP contribution in [0.4, 0.5) is 0 Å². The number of nitrogens with zero attached hydrogens (tertiary/aromatic N) is 3. The minimum atomic E-state index is -0.577. The standard InChI is InChI=1S/C20H26N4O3/c1-24(11-7-15-4-2-3-8-22-15)18-19(25)17(16-13-26-20(18)27-16)23-12-14-5-9-21-10-6-14/h2-6,8-10,16-20,23,25H,7,11-13H2,1H3/t16-,17+,18-,19-,20+/m0/s1. The number of hydrogen-bond acceptors (Lipinski definition) is 7. The van der Waals surface area contributed by atoms with Crippen molar-refractivity contribution >= 4 is 0 Å². The lowest BCUT2D eigenvalue weighted by Gasteiger charge is -2.42. The van der Waals surface area contributed by atoms with E-state index in [1.54, 1.807) is 18.6 Å². The van der Waals surface area contributed by atoms with Crippen molar-refractivity contribution in [2.24, 2.45) is 0 Å². The molecule has 2 aliphatic rings. The number of fused-ring (bicyclic) bond motifs is 2. The maximum atomic E-state index is 11.1. The highest BCUT2D eigenvalue weighted by atomic mass is 16.7. The zero-order valence-electron chi connectivity index (χ0n) is 15.4. The second kappa shape index (κ2) is 8.41. The Kier molecular flexibility index (Phi) is 5.75. The van der Waals surface area contributed by atoms with Crippen LogP contribution in [0.2, 0.25) is 0 Å².